The van der Waals surface area contributed by atoms with Crippen LogP contribution in [0.15, 0.2) is 25.3 Å². The molecule has 3 unspecified atom stereocenters. The number of rotatable bonds is 17. The van der Waals surface area contributed by atoms with E-state index in [1.165, 1.54) is 0 Å². The number of alkyl halides is 1. The minimum Gasteiger partial charge on any atom is -0.396 e. The highest BCUT2D eigenvalue weighted by atomic mass is 79.9. The number of ether oxygens (including phenoxy) is 1. The van der Waals surface area contributed by atoms with Gasteiger partial charge in [0.1, 0.15) is 11.6 Å². The van der Waals surface area contributed by atoms with Gasteiger partial charge in [-0.3, -0.25) is 14.4 Å². The molecular weight excluding hydrogens is 550 g/mol. The van der Waals surface area contributed by atoms with Crippen molar-refractivity contribution >= 4 is 33.7 Å². The van der Waals surface area contributed by atoms with Gasteiger partial charge in [-0.15, -0.1) is 13.2 Å². The number of hydrogen-bond donors (Lipinski definition) is 1. The number of likely N-dealkylation sites (tertiary alicyclic amines) is 1. The molecule has 3 rings (SSSR count). The van der Waals surface area contributed by atoms with Crippen LogP contribution in [0.2, 0.25) is 0 Å². The Morgan fingerprint density at radius 3 is 2.34 bits per heavy atom. The number of halogens is 1. The molecule has 3 saturated heterocycles. The van der Waals surface area contributed by atoms with Gasteiger partial charge in [-0.2, -0.15) is 0 Å². The summed E-state index contributed by atoms with van der Waals surface area (Å²) in [6.45, 7) is 14.3. The largest absolute Gasteiger partial charge is 0.396 e. The lowest BCUT2D eigenvalue weighted by atomic mass is 9.70. The van der Waals surface area contributed by atoms with E-state index in [1.807, 2.05) is 6.92 Å². The SMILES string of the molecule is C=CCN(CCCCC)C(=O)C1N(CCCCCO)C(=O)[C@@H]2[C@H](C(=O)N(CC=C)CCC)[C@H]3OC12CC3Br. The van der Waals surface area contributed by atoms with Crippen molar-refractivity contribution in [3.63, 3.8) is 0 Å². The molecule has 0 aliphatic carbocycles. The quantitative estimate of drug-likeness (QED) is 0.158. The van der Waals surface area contributed by atoms with E-state index in [0.29, 0.717) is 52.0 Å². The van der Waals surface area contributed by atoms with E-state index in [4.69, 9.17) is 4.74 Å². The predicted molar refractivity (Wildman–Crippen MR) is 152 cm³/mol. The summed E-state index contributed by atoms with van der Waals surface area (Å²) in [7, 11) is 0. The molecular formula is C29H46BrN3O5. The Balaban J connectivity index is 2.00. The maximum Gasteiger partial charge on any atom is 0.248 e. The van der Waals surface area contributed by atoms with Crippen LogP contribution in [0.4, 0.5) is 0 Å². The first-order valence-corrected chi connectivity index (χ1v) is 15.3. The summed E-state index contributed by atoms with van der Waals surface area (Å²) in [5.74, 6) is -1.71. The van der Waals surface area contributed by atoms with Gasteiger partial charge in [-0.05, 0) is 38.5 Å². The van der Waals surface area contributed by atoms with Gasteiger partial charge < -0.3 is 24.5 Å². The van der Waals surface area contributed by atoms with Crippen molar-refractivity contribution in [1.82, 2.24) is 14.7 Å². The zero-order valence-corrected chi connectivity index (χ0v) is 24.7. The highest BCUT2D eigenvalue weighted by Gasteiger charge is 2.76. The minimum absolute atomic E-state index is 0.0939. The third-order valence-corrected chi connectivity index (χ3v) is 9.06. The fraction of sp³-hybridized carbons (Fsp3) is 0.759. The second-order valence-electron chi connectivity index (χ2n) is 10.8. The third kappa shape index (κ3) is 5.89. The second kappa shape index (κ2) is 14.1. The number of aliphatic hydroxyl groups excluding tert-OH is 1. The molecule has 214 valence electrons. The van der Waals surface area contributed by atoms with Gasteiger partial charge in [-0.25, -0.2) is 0 Å². The summed E-state index contributed by atoms with van der Waals surface area (Å²) in [6, 6.07) is -0.780. The first-order chi connectivity index (χ1) is 18.3. The Morgan fingerprint density at radius 1 is 1.05 bits per heavy atom. The highest BCUT2D eigenvalue weighted by molar-refractivity contribution is 9.09. The van der Waals surface area contributed by atoms with E-state index < -0.39 is 29.6 Å². The number of nitrogens with zero attached hydrogens (tertiary/aromatic N) is 3. The van der Waals surface area contributed by atoms with Gasteiger partial charge in [0.2, 0.25) is 17.7 Å². The van der Waals surface area contributed by atoms with Crippen LogP contribution in [0.1, 0.15) is 65.2 Å². The van der Waals surface area contributed by atoms with Crippen LogP contribution in [0.5, 0.6) is 0 Å². The Labute approximate surface area is 236 Å². The van der Waals surface area contributed by atoms with Gasteiger partial charge in [0.25, 0.3) is 0 Å². The fourth-order valence-corrected chi connectivity index (χ4v) is 7.55. The van der Waals surface area contributed by atoms with Crippen molar-refractivity contribution in [3.8, 4) is 0 Å². The zero-order chi connectivity index (χ0) is 27.9. The molecule has 3 heterocycles. The highest BCUT2D eigenvalue weighted by Crippen LogP contribution is 2.60. The van der Waals surface area contributed by atoms with Crippen molar-refractivity contribution < 1.29 is 24.2 Å². The first-order valence-electron chi connectivity index (χ1n) is 14.3. The summed E-state index contributed by atoms with van der Waals surface area (Å²) in [5.41, 5.74) is -1.04. The van der Waals surface area contributed by atoms with Gasteiger partial charge in [0.05, 0.1) is 17.9 Å². The number of carbonyl (C=O) groups excluding carboxylic acids is 3. The zero-order valence-electron chi connectivity index (χ0n) is 23.2. The Kier molecular flexibility index (Phi) is 11.4. The van der Waals surface area contributed by atoms with E-state index in [-0.39, 0.29) is 29.2 Å². The van der Waals surface area contributed by atoms with E-state index >= 15 is 0 Å². The van der Waals surface area contributed by atoms with Crippen LogP contribution in [0.25, 0.3) is 0 Å². The Hall–Kier alpha value is -1.71. The van der Waals surface area contributed by atoms with Crippen molar-refractivity contribution in [2.45, 2.75) is 87.8 Å². The number of carbonyl (C=O) groups is 3. The molecule has 8 nitrogen and oxygen atoms in total. The van der Waals surface area contributed by atoms with E-state index in [1.54, 1.807) is 26.9 Å². The first kappa shape index (κ1) is 30.8. The second-order valence-corrected chi connectivity index (χ2v) is 12.0. The molecule has 3 aliphatic rings. The third-order valence-electron chi connectivity index (χ3n) is 8.21. The van der Waals surface area contributed by atoms with Crippen LogP contribution < -0.4 is 0 Å². The molecule has 0 saturated carbocycles. The molecule has 38 heavy (non-hydrogen) atoms. The van der Waals surface area contributed by atoms with Gasteiger partial charge >= 0.3 is 0 Å². The number of unbranched alkanes of at least 4 members (excludes halogenated alkanes) is 4. The molecule has 3 aliphatic heterocycles. The molecule has 2 bridgehead atoms. The lowest BCUT2D eigenvalue weighted by molar-refractivity contribution is -0.148. The van der Waals surface area contributed by atoms with Crippen LogP contribution >= 0.6 is 15.9 Å². The lowest BCUT2D eigenvalue weighted by Gasteiger charge is -2.37. The molecule has 0 aromatic carbocycles. The maximum absolute atomic E-state index is 14.3. The average molecular weight is 597 g/mol. The van der Waals surface area contributed by atoms with E-state index in [9.17, 15) is 19.5 Å². The summed E-state index contributed by atoms with van der Waals surface area (Å²) in [5, 5.41) is 9.24. The van der Waals surface area contributed by atoms with E-state index in [0.717, 1.165) is 32.1 Å². The van der Waals surface area contributed by atoms with Crippen LogP contribution in [-0.4, -0.2) is 99.4 Å². The summed E-state index contributed by atoms with van der Waals surface area (Å²) in [4.78, 5) is 47.5. The van der Waals surface area contributed by atoms with E-state index in [2.05, 4.69) is 36.0 Å². The van der Waals surface area contributed by atoms with Crippen LogP contribution in [0.3, 0.4) is 0 Å². The molecule has 1 spiro atoms. The van der Waals surface area contributed by atoms with Crippen molar-refractivity contribution in [2.24, 2.45) is 11.8 Å². The molecule has 9 heteroatoms. The fourth-order valence-electron chi connectivity index (χ4n) is 6.60. The summed E-state index contributed by atoms with van der Waals surface area (Å²) in [6.07, 6.45) is 9.29. The van der Waals surface area contributed by atoms with Crippen molar-refractivity contribution in [2.75, 3.05) is 39.3 Å². The van der Waals surface area contributed by atoms with Gasteiger partial charge in [0.15, 0.2) is 0 Å². The van der Waals surface area contributed by atoms with Gasteiger partial charge in [-0.1, -0.05) is 54.8 Å². The topological polar surface area (TPSA) is 90.4 Å². The monoisotopic (exact) mass is 595 g/mol. The van der Waals surface area contributed by atoms with Crippen molar-refractivity contribution in [1.29, 1.82) is 0 Å². The molecule has 3 fully saturated rings. The number of aliphatic hydroxyl groups is 1. The minimum atomic E-state index is -1.04. The smallest absolute Gasteiger partial charge is 0.248 e. The number of hydrogen-bond acceptors (Lipinski definition) is 5. The molecule has 0 aromatic heterocycles. The Morgan fingerprint density at radius 2 is 1.74 bits per heavy atom. The average Bonchev–Trinajstić information content (AvgIpc) is 3.48. The standard InChI is InChI=1S/C29H46BrN3O5/c1-5-9-11-17-32(16-8-4)28(37)25-29-20-21(30)24(38-29)22(26(35)31(14-6-2)15-7-3)23(29)27(36)33(25)18-12-10-13-19-34/h6,8,21-25,34H,2,4-5,7,9-20H2,1,3H3/t21?,22-,23-,24-,25?,29?/m0/s1. The predicted octanol–water partition coefficient (Wildman–Crippen LogP) is 3.53. The van der Waals surface area contributed by atoms with Crippen molar-refractivity contribution in [3.05, 3.63) is 25.3 Å². The van der Waals surface area contributed by atoms with Crippen LogP contribution in [-0.2, 0) is 19.1 Å². The molecule has 1 N–H and O–H groups in total. The lowest BCUT2D eigenvalue weighted by Crippen LogP contribution is -2.57. The summed E-state index contributed by atoms with van der Waals surface area (Å²) < 4.78 is 6.66. The number of fused-ring (bicyclic) bond motifs is 1. The molecule has 0 radical (unpaired) electrons. The molecule has 3 amide bonds. The maximum atomic E-state index is 14.3. The molecule has 0 aromatic rings. The normalized spacial score (nSPS) is 29.4. The molecule has 6 atom stereocenters. The van der Waals surface area contributed by atoms with Crippen LogP contribution in [0, 0.1) is 11.8 Å². The Bertz CT molecular complexity index is 869. The summed E-state index contributed by atoms with van der Waals surface area (Å²) >= 11 is 3.76. The van der Waals surface area contributed by atoms with Gasteiger partial charge in [0, 0.05) is 44.2 Å². The number of amides is 3.